The second-order valence-corrected chi connectivity index (χ2v) is 6.92. The summed E-state index contributed by atoms with van der Waals surface area (Å²) in [5, 5.41) is 10.7. The number of ether oxygens (including phenoxy) is 3. The average Bonchev–Trinajstić information content (AvgIpc) is 3.13. The van der Waals surface area contributed by atoms with Gasteiger partial charge in [0, 0.05) is 18.1 Å². The van der Waals surface area contributed by atoms with Crippen LogP contribution < -0.4 is 0 Å². The third-order valence-electron chi connectivity index (χ3n) is 4.52. The second-order valence-electron chi connectivity index (χ2n) is 6.92. The van der Waals surface area contributed by atoms with Gasteiger partial charge in [-0.1, -0.05) is 0 Å². The van der Waals surface area contributed by atoms with Gasteiger partial charge in [-0.15, -0.1) is 0 Å². The molecule has 7 heteroatoms. The van der Waals surface area contributed by atoms with Gasteiger partial charge in [0.2, 0.25) is 0 Å². The van der Waals surface area contributed by atoms with Gasteiger partial charge in [0.15, 0.2) is 5.79 Å². The lowest BCUT2D eigenvalue weighted by Crippen LogP contribution is -2.25. The van der Waals surface area contributed by atoms with Crippen molar-refractivity contribution in [3.05, 3.63) is 30.2 Å². The van der Waals surface area contributed by atoms with Crippen molar-refractivity contribution in [1.29, 1.82) is 0 Å². The molecule has 0 spiro atoms. The fraction of sp³-hybridized carbons (Fsp3) is 0.474. The predicted molar refractivity (Wildman–Crippen MR) is 96.9 cm³/mol. The fourth-order valence-corrected chi connectivity index (χ4v) is 3.41. The van der Waals surface area contributed by atoms with E-state index < -0.39 is 5.79 Å². The quantitative estimate of drug-likeness (QED) is 0.756. The van der Waals surface area contributed by atoms with Crippen LogP contribution >= 0.6 is 0 Å². The summed E-state index contributed by atoms with van der Waals surface area (Å²) in [5.41, 5.74) is 2.50. The van der Waals surface area contributed by atoms with Gasteiger partial charge in [-0.3, -0.25) is 4.98 Å². The number of imidazole rings is 1. The van der Waals surface area contributed by atoms with E-state index in [-0.39, 0.29) is 11.9 Å². The summed E-state index contributed by atoms with van der Waals surface area (Å²) in [6.45, 7) is 7.98. The fourth-order valence-electron chi connectivity index (χ4n) is 3.41. The summed E-state index contributed by atoms with van der Waals surface area (Å²) in [4.78, 5) is 9.14. The van der Waals surface area contributed by atoms with E-state index in [1.807, 2.05) is 26.8 Å². The monoisotopic (exact) mass is 357 g/mol. The first-order valence-electron chi connectivity index (χ1n) is 8.83. The number of aromatic nitrogens is 3. The molecular formula is C19H23N3O4. The van der Waals surface area contributed by atoms with Crippen LogP contribution in [0.15, 0.2) is 24.4 Å². The Kier molecular flexibility index (Phi) is 4.30. The maximum atomic E-state index is 9.76. The highest BCUT2D eigenvalue weighted by Crippen LogP contribution is 2.30. The molecule has 7 nitrogen and oxygen atoms in total. The second kappa shape index (κ2) is 6.50. The number of phenols is 1. The highest BCUT2D eigenvalue weighted by Gasteiger charge is 2.33. The molecule has 3 heterocycles. The largest absolute Gasteiger partial charge is 0.508 e. The maximum absolute atomic E-state index is 9.76. The summed E-state index contributed by atoms with van der Waals surface area (Å²) < 4.78 is 19.4. The van der Waals surface area contributed by atoms with E-state index >= 15 is 0 Å². The van der Waals surface area contributed by atoms with Crippen LogP contribution in [-0.4, -0.2) is 44.7 Å². The van der Waals surface area contributed by atoms with E-state index in [9.17, 15) is 5.11 Å². The van der Waals surface area contributed by atoms with Crippen molar-refractivity contribution in [2.45, 2.75) is 45.8 Å². The molecule has 138 valence electrons. The number of rotatable bonds is 5. The summed E-state index contributed by atoms with van der Waals surface area (Å²) in [7, 11) is 0. The maximum Gasteiger partial charge on any atom is 0.163 e. The first-order chi connectivity index (χ1) is 12.5. The molecule has 1 aromatic carbocycles. The van der Waals surface area contributed by atoms with Crippen LogP contribution in [0, 0.1) is 0 Å². The lowest BCUT2D eigenvalue weighted by Gasteiger charge is -2.18. The Morgan fingerprint density at radius 3 is 2.92 bits per heavy atom. The minimum Gasteiger partial charge on any atom is -0.508 e. The normalized spacial score (nSPS) is 19.6. The summed E-state index contributed by atoms with van der Waals surface area (Å²) >= 11 is 0. The number of pyridine rings is 1. The molecule has 1 fully saturated rings. The van der Waals surface area contributed by atoms with Crippen molar-refractivity contribution >= 4 is 21.9 Å². The Balaban J connectivity index is 1.83. The summed E-state index contributed by atoms with van der Waals surface area (Å²) in [6, 6.07) is 5.20. The lowest BCUT2D eigenvalue weighted by atomic mass is 10.2. The number of nitrogens with zero attached hydrogens (tertiary/aromatic N) is 3. The van der Waals surface area contributed by atoms with Crippen LogP contribution in [0.2, 0.25) is 0 Å². The van der Waals surface area contributed by atoms with Crippen molar-refractivity contribution in [3.63, 3.8) is 0 Å². The van der Waals surface area contributed by atoms with Crippen molar-refractivity contribution in [2.75, 3.05) is 13.2 Å². The van der Waals surface area contributed by atoms with Crippen molar-refractivity contribution in [2.24, 2.45) is 0 Å². The van der Waals surface area contributed by atoms with Crippen LogP contribution in [0.25, 0.3) is 21.9 Å². The molecule has 4 rings (SSSR count). The number of hydrogen-bond donors (Lipinski definition) is 1. The Bertz CT molecular complexity index is 951. The molecule has 0 aliphatic carbocycles. The summed E-state index contributed by atoms with van der Waals surface area (Å²) in [5.74, 6) is 0.452. The van der Waals surface area contributed by atoms with E-state index in [0.717, 1.165) is 27.8 Å². The lowest BCUT2D eigenvalue weighted by molar-refractivity contribution is -0.139. The van der Waals surface area contributed by atoms with Crippen molar-refractivity contribution in [3.8, 4) is 5.75 Å². The smallest absolute Gasteiger partial charge is 0.163 e. The van der Waals surface area contributed by atoms with Gasteiger partial charge in [0.1, 0.15) is 29.8 Å². The molecule has 2 aromatic heterocycles. The molecule has 1 aliphatic heterocycles. The third-order valence-corrected chi connectivity index (χ3v) is 4.52. The number of phenolic OH excluding ortho intramolecular Hbond substituents is 1. The Labute approximate surface area is 151 Å². The Hall–Kier alpha value is -2.22. The minimum absolute atomic E-state index is 0.0666. The van der Waals surface area contributed by atoms with Gasteiger partial charge in [-0.25, -0.2) is 4.98 Å². The molecule has 1 N–H and O–H groups in total. The van der Waals surface area contributed by atoms with Crippen LogP contribution in [-0.2, 0) is 27.4 Å². The molecule has 1 aliphatic rings. The highest BCUT2D eigenvalue weighted by atomic mass is 16.7. The van der Waals surface area contributed by atoms with E-state index in [0.29, 0.717) is 26.4 Å². The molecule has 3 aromatic rings. The molecule has 0 saturated carbocycles. The van der Waals surface area contributed by atoms with Gasteiger partial charge in [0.25, 0.3) is 0 Å². The molecule has 0 radical (unpaired) electrons. The number of benzene rings is 1. The molecule has 1 unspecified atom stereocenters. The van der Waals surface area contributed by atoms with Gasteiger partial charge in [0.05, 0.1) is 30.4 Å². The SMILES string of the molecule is CCOCc1nc2cnc3cc(O)ccc3c2n1CC1COC(C)(C)O1. The van der Waals surface area contributed by atoms with E-state index in [2.05, 4.69) is 9.55 Å². The first-order valence-corrected chi connectivity index (χ1v) is 8.83. The predicted octanol–water partition coefficient (Wildman–Crippen LogP) is 2.98. The average molecular weight is 357 g/mol. The summed E-state index contributed by atoms with van der Waals surface area (Å²) in [6.07, 6.45) is 1.67. The third kappa shape index (κ3) is 3.13. The van der Waals surface area contributed by atoms with Crippen molar-refractivity contribution in [1.82, 2.24) is 14.5 Å². The number of fused-ring (bicyclic) bond motifs is 3. The minimum atomic E-state index is -0.573. The Morgan fingerprint density at radius 2 is 2.19 bits per heavy atom. The van der Waals surface area contributed by atoms with Gasteiger partial charge in [-0.2, -0.15) is 0 Å². The molecule has 0 amide bonds. The Morgan fingerprint density at radius 1 is 1.35 bits per heavy atom. The first kappa shape index (κ1) is 17.2. The molecule has 26 heavy (non-hydrogen) atoms. The van der Waals surface area contributed by atoms with Gasteiger partial charge >= 0.3 is 0 Å². The zero-order chi connectivity index (χ0) is 18.3. The highest BCUT2D eigenvalue weighted by molar-refractivity contribution is 6.02. The molecule has 0 bridgehead atoms. The van der Waals surface area contributed by atoms with E-state index in [1.165, 1.54) is 0 Å². The van der Waals surface area contributed by atoms with Gasteiger partial charge in [-0.05, 0) is 32.9 Å². The molecule has 1 saturated heterocycles. The zero-order valence-electron chi connectivity index (χ0n) is 15.2. The number of aromatic hydroxyl groups is 1. The van der Waals surface area contributed by atoms with E-state index in [4.69, 9.17) is 19.2 Å². The molecule has 1 atom stereocenters. The van der Waals surface area contributed by atoms with Crippen LogP contribution in [0.5, 0.6) is 5.75 Å². The zero-order valence-corrected chi connectivity index (χ0v) is 15.2. The van der Waals surface area contributed by atoms with Crippen LogP contribution in [0.4, 0.5) is 0 Å². The number of hydrogen-bond acceptors (Lipinski definition) is 6. The van der Waals surface area contributed by atoms with Crippen molar-refractivity contribution < 1.29 is 19.3 Å². The van der Waals surface area contributed by atoms with Crippen LogP contribution in [0.3, 0.4) is 0 Å². The van der Waals surface area contributed by atoms with E-state index in [1.54, 1.807) is 18.3 Å². The standard InChI is InChI=1S/C19H23N3O4/c1-4-24-11-17-21-16-8-20-15-7-12(23)5-6-14(15)18(16)22(17)9-13-10-25-19(2,3)26-13/h5-8,13,23H,4,9-11H2,1-3H3. The van der Waals surface area contributed by atoms with Crippen LogP contribution in [0.1, 0.15) is 26.6 Å². The van der Waals surface area contributed by atoms with Gasteiger partial charge < -0.3 is 23.9 Å². The topological polar surface area (TPSA) is 78.6 Å². The molecular weight excluding hydrogens is 334 g/mol.